The molecule has 0 aliphatic carbocycles. The molecule has 17 heteroatoms. The molecule has 11 nitrogen and oxygen atoms in total. The molecule has 2 atom stereocenters. The number of imidazole rings is 1. The summed E-state index contributed by atoms with van der Waals surface area (Å²) in [6.45, 7) is 0. The molecule has 1 aliphatic heterocycles. The number of nitrogens with one attached hydrogen (secondary N) is 3. The normalized spacial score (nSPS) is 17.1. The van der Waals surface area contributed by atoms with Gasteiger partial charge >= 0.3 is 12.1 Å². The van der Waals surface area contributed by atoms with E-state index in [1.807, 2.05) is 29.0 Å². The number of sulfonamides is 2. The van der Waals surface area contributed by atoms with E-state index in [0.29, 0.717) is 21.9 Å². The summed E-state index contributed by atoms with van der Waals surface area (Å²) in [5.41, 5.74) is 2.68. The molecule has 1 aliphatic rings. The standard InChI is InChI=1S/C24H21ClN4O5S2.C2HF3O2/c25-17-4-3-5-18(13-17)35(31,32)28-21(24-26-19-6-1-2-7-20(19)27-24)12-15-8-10-16(11-9-15)22-14-23(30)29-36(22,33)34;3-2(4,5)1(6)7/h1-11,13,21-22,28H,12,14H2,(H,26,27)(H,29,30);(H,6,7)/t21-,22?;/m0./s1. The summed E-state index contributed by atoms with van der Waals surface area (Å²) in [6.07, 6.45) is -4.99. The Balaban J connectivity index is 0.000000541. The van der Waals surface area contributed by atoms with Crippen molar-refractivity contribution in [1.29, 1.82) is 0 Å². The molecule has 0 bridgehead atoms. The molecular formula is C26H22ClF3N4O7S2. The zero-order chi connectivity index (χ0) is 31.6. The lowest BCUT2D eigenvalue weighted by Gasteiger charge is -2.18. The van der Waals surface area contributed by atoms with Crippen LogP contribution in [0.5, 0.6) is 0 Å². The molecule has 4 aromatic rings. The number of aromatic amines is 1. The Bertz CT molecular complexity index is 1850. The number of amides is 1. The molecule has 1 amide bonds. The number of para-hydroxylation sites is 2. The van der Waals surface area contributed by atoms with Crippen LogP contribution in [0.3, 0.4) is 0 Å². The van der Waals surface area contributed by atoms with Gasteiger partial charge in [-0.2, -0.15) is 13.2 Å². The number of H-pyrrole nitrogens is 1. The van der Waals surface area contributed by atoms with E-state index < -0.39 is 49.4 Å². The average molecular weight is 659 g/mol. The number of carbonyl (C=O) groups excluding carboxylic acids is 1. The molecule has 5 rings (SSSR count). The van der Waals surface area contributed by atoms with E-state index in [4.69, 9.17) is 21.5 Å². The van der Waals surface area contributed by atoms with Crippen LogP contribution in [-0.4, -0.2) is 50.0 Å². The lowest BCUT2D eigenvalue weighted by Crippen LogP contribution is -2.31. The minimum atomic E-state index is -5.08. The second kappa shape index (κ2) is 12.3. The number of carboxylic acids is 1. The lowest BCUT2D eigenvalue weighted by molar-refractivity contribution is -0.192. The van der Waals surface area contributed by atoms with Crippen molar-refractivity contribution < 1.29 is 44.7 Å². The maximum absolute atomic E-state index is 13.2. The third-order valence-electron chi connectivity index (χ3n) is 6.18. The van der Waals surface area contributed by atoms with Gasteiger partial charge in [-0.1, -0.05) is 54.1 Å². The number of halogens is 4. The summed E-state index contributed by atoms with van der Waals surface area (Å²) in [5, 5.41) is 6.47. The molecule has 228 valence electrons. The van der Waals surface area contributed by atoms with Crippen LogP contribution in [0.25, 0.3) is 11.0 Å². The van der Waals surface area contributed by atoms with E-state index in [-0.39, 0.29) is 17.7 Å². The molecule has 1 unspecified atom stereocenters. The number of hydrogen-bond acceptors (Lipinski definition) is 7. The molecule has 1 saturated heterocycles. The van der Waals surface area contributed by atoms with E-state index in [0.717, 1.165) is 11.1 Å². The number of alkyl halides is 3. The molecule has 0 saturated carbocycles. The summed E-state index contributed by atoms with van der Waals surface area (Å²) in [7, 11) is -7.71. The Kier molecular flexibility index (Phi) is 9.15. The monoisotopic (exact) mass is 658 g/mol. The number of rotatable bonds is 7. The van der Waals surface area contributed by atoms with Crippen molar-refractivity contribution in [3.8, 4) is 0 Å². The first-order valence-corrected chi connectivity index (χ1v) is 15.6. The number of hydrogen-bond donors (Lipinski definition) is 4. The zero-order valence-electron chi connectivity index (χ0n) is 21.7. The second-order valence-electron chi connectivity index (χ2n) is 9.28. The summed E-state index contributed by atoms with van der Waals surface area (Å²) in [6, 6.07) is 19.3. The van der Waals surface area contributed by atoms with Gasteiger partial charge in [0.05, 0.1) is 28.4 Å². The largest absolute Gasteiger partial charge is 0.490 e. The minimum Gasteiger partial charge on any atom is -0.475 e. The van der Waals surface area contributed by atoms with Gasteiger partial charge in [0.1, 0.15) is 11.1 Å². The van der Waals surface area contributed by atoms with Gasteiger partial charge in [0.2, 0.25) is 26.0 Å². The zero-order valence-corrected chi connectivity index (χ0v) is 24.1. The lowest BCUT2D eigenvalue weighted by atomic mass is 10.0. The fraction of sp³-hybridized carbons (Fsp3) is 0.192. The quantitative estimate of drug-likeness (QED) is 0.230. The molecule has 3 aromatic carbocycles. The van der Waals surface area contributed by atoms with Crippen LogP contribution < -0.4 is 9.44 Å². The summed E-state index contributed by atoms with van der Waals surface area (Å²) < 4.78 is 87.2. The first-order chi connectivity index (χ1) is 20.0. The fourth-order valence-corrected chi connectivity index (χ4v) is 7.10. The smallest absolute Gasteiger partial charge is 0.475 e. The fourth-order valence-electron chi connectivity index (χ4n) is 4.17. The topological polar surface area (TPSA) is 175 Å². The Morgan fingerprint density at radius 3 is 2.30 bits per heavy atom. The summed E-state index contributed by atoms with van der Waals surface area (Å²) in [5.74, 6) is -2.86. The van der Waals surface area contributed by atoms with Crippen LogP contribution in [0.2, 0.25) is 5.02 Å². The minimum absolute atomic E-state index is 0.0232. The third kappa shape index (κ3) is 7.90. The molecule has 2 heterocycles. The maximum atomic E-state index is 13.2. The number of nitrogens with zero attached hydrogens (tertiary/aromatic N) is 1. The van der Waals surface area contributed by atoms with Crippen LogP contribution in [0.1, 0.15) is 34.7 Å². The van der Waals surface area contributed by atoms with Gasteiger partial charge in [-0.25, -0.2) is 31.3 Å². The van der Waals surface area contributed by atoms with Crippen molar-refractivity contribution in [3.63, 3.8) is 0 Å². The van der Waals surface area contributed by atoms with Crippen LogP contribution in [0.15, 0.2) is 77.7 Å². The van der Waals surface area contributed by atoms with Crippen LogP contribution in [0, 0.1) is 0 Å². The number of aromatic nitrogens is 2. The Morgan fingerprint density at radius 1 is 1.09 bits per heavy atom. The van der Waals surface area contributed by atoms with Gasteiger partial charge in [0, 0.05) is 5.02 Å². The molecule has 0 spiro atoms. The first kappa shape index (κ1) is 31.9. The Labute approximate surface area is 248 Å². The second-order valence-corrected chi connectivity index (χ2v) is 13.3. The number of fused-ring (bicyclic) bond motifs is 1. The predicted molar refractivity (Wildman–Crippen MR) is 149 cm³/mol. The average Bonchev–Trinajstić information content (AvgIpc) is 3.47. The highest BCUT2D eigenvalue weighted by molar-refractivity contribution is 7.90. The van der Waals surface area contributed by atoms with E-state index in [1.165, 1.54) is 12.1 Å². The Hall–Kier alpha value is -3.99. The highest BCUT2D eigenvalue weighted by atomic mass is 35.5. The van der Waals surface area contributed by atoms with Gasteiger partial charge in [0.25, 0.3) is 0 Å². The Morgan fingerprint density at radius 2 is 1.74 bits per heavy atom. The van der Waals surface area contributed by atoms with Gasteiger partial charge in [-0.15, -0.1) is 0 Å². The van der Waals surface area contributed by atoms with E-state index >= 15 is 0 Å². The van der Waals surface area contributed by atoms with Gasteiger partial charge in [0.15, 0.2) is 0 Å². The predicted octanol–water partition coefficient (Wildman–Crippen LogP) is 4.00. The molecule has 1 fully saturated rings. The number of aliphatic carboxylic acids is 1. The van der Waals surface area contributed by atoms with Crippen LogP contribution in [-0.2, 0) is 36.1 Å². The van der Waals surface area contributed by atoms with E-state index in [1.54, 1.807) is 36.4 Å². The molecule has 43 heavy (non-hydrogen) atoms. The van der Waals surface area contributed by atoms with Crippen molar-refractivity contribution in [2.75, 3.05) is 0 Å². The van der Waals surface area contributed by atoms with E-state index in [2.05, 4.69) is 14.7 Å². The van der Waals surface area contributed by atoms with Gasteiger partial charge in [-0.3, -0.25) is 9.52 Å². The molecular weight excluding hydrogens is 637 g/mol. The van der Waals surface area contributed by atoms with Gasteiger partial charge in [-0.05, 0) is 47.9 Å². The molecule has 1 aromatic heterocycles. The van der Waals surface area contributed by atoms with Crippen molar-refractivity contribution in [1.82, 2.24) is 19.4 Å². The highest BCUT2D eigenvalue weighted by Crippen LogP contribution is 2.31. The maximum Gasteiger partial charge on any atom is 0.490 e. The SMILES string of the molecule is O=C(O)C(F)(F)F.O=C1CC(c2ccc(C[C@H](NS(=O)(=O)c3cccc(Cl)c3)c3nc4ccccc4[nH]3)cc2)S(=O)(=O)N1. The number of benzene rings is 3. The number of carbonyl (C=O) groups is 2. The van der Waals surface area contributed by atoms with Crippen LogP contribution >= 0.6 is 11.6 Å². The van der Waals surface area contributed by atoms with Crippen LogP contribution in [0.4, 0.5) is 13.2 Å². The third-order valence-corrected chi connectivity index (χ3v) is 9.58. The van der Waals surface area contributed by atoms with Crippen molar-refractivity contribution in [3.05, 3.63) is 94.8 Å². The molecule has 4 N–H and O–H groups in total. The summed E-state index contributed by atoms with van der Waals surface area (Å²) in [4.78, 5) is 28.3. The summed E-state index contributed by atoms with van der Waals surface area (Å²) >= 11 is 6.01. The first-order valence-electron chi connectivity index (χ1n) is 12.2. The molecule has 0 radical (unpaired) electrons. The highest BCUT2D eigenvalue weighted by Gasteiger charge is 2.38. The van der Waals surface area contributed by atoms with Crippen molar-refractivity contribution in [2.45, 2.75) is 35.2 Å². The van der Waals surface area contributed by atoms with E-state index in [9.17, 15) is 34.8 Å². The van der Waals surface area contributed by atoms with Crippen molar-refractivity contribution >= 4 is 54.6 Å². The van der Waals surface area contributed by atoms with Crippen molar-refractivity contribution in [2.24, 2.45) is 0 Å². The van der Waals surface area contributed by atoms with Gasteiger partial charge < -0.3 is 10.1 Å². The number of carboxylic acid groups (broad SMARTS) is 1.